The van der Waals surface area contributed by atoms with Gasteiger partial charge in [0.05, 0.1) is 5.69 Å². The van der Waals surface area contributed by atoms with Crippen LogP contribution in [0.15, 0.2) is 10.8 Å². The van der Waals surface area contributed by atoms with Crippen molar-refractivity contribution in [3.05, 3.63) is 17.8 Å². The van der Waals surface area contributed by atoms with E-state index in [1.165, 1.54) is 12.8 Å². The van der Waals surface area contributed by atoms with E-state index >= 15 is 0 Å². The number of oxazole rings is 1. The fourth-order valence-electron chi connectivity index (χ4n) is 2.11. The molecular weight excluding hydrogens is 192 g/mol. The summed E-state index contributed by atoms with van der Waals surface area (Å²) in [5.74, 6) is 0.921. The maximum Gasteiger partial charge on any atom is 0.289 e. The minimum atomic E-state index is -0.135. The van der Waals surface area contributed by atoms with Gasteiger partial charge in [0, 0.05) is 6.04 Å². The van der Waals surface area contributed by atoms with Crippen LogP contribution in [0.1, 0.15) is 42.4 Å². The third kappa shape index (κ3) is 2.19. The normalized spacial score (nSPS) is 25.5. The molecular formula is C11H16N2O2. The maximum absolute atomic E-state index is 11.7. The van der Waals surface area contributed by atoms with E-state index in [-0.39, 0.29) is 5.91 Å². The average Bonchev–Trinajstić information content (AvgIpc) is 2.75. The molecule has 2 unspecified atom stereocenters. The number of nitrogens with zero attached hydrogens (tertiary/aromatic N) is 1. The summed E-state index contributed by atoms with van der Waals surface area (Å²) in [6.07, 6.45) is 4.64. The van der Waals surface area contributed by atoms with Gasteiger partial charge in [0.15, 0.2) is 6.39 Å². The Morgan fingerprint density at radius 3 is 2.93 bits per heavy atom. The summed E-state index contributed by atoms with van der Waals surface area (Å²) in [5.41, 5.74) is 0.651. The first-order valence-electron chi connectivity index (χ1n) is 5.37. The lowest BCUT2D eigenvalue weighted by atomic mass is 10.1. The van der Waals surface area contributed by atoms with E-state index in [0.717, 1.165) is 12.8 Å². The zero-order valence-electron chi connectivity index (χ0n) is 9.12. The van der Waals surface area contributed by atoms with Gasteiger partial charge in [-0.15, -0.1) is 0 Å². The summed E-state index contributed by atoms with van der Waals surface area (Å²) in [5, 5.41) is 2.98. The van der Waals surface area contributed by atoms with Crippen molar-refractivity contribution in [1.82, 2.24) is 10.3 Å². The molecule has 1 aliphatic carbocycles. The second-order valence-electron chi connectivity index (χ2n) is 4.36. The number of nitrogens with one attached hydrogen (secondary N) is 1. The lowest BCUT2D eigenvalue weighted by Gasteiger charge is -2.10. The van der Waals surface area contributed by atoms with Crippen molar-refractivity contribution in [2.24, 2.45) is 5.92 Å². The molecule has 0 bridgehead atoms. The molecule has 82 valence electrons. The molecule has 1 aromatic heterocycles. The Bertz CT molecular complexity index is 359. The molecule has 1 aliphatic rings. The monoisotopic (exact) mass is 208 g/mol. The van der Waals surface area contributed by atoms with Gasteiger partial charge < -0.3 is 9.73 Å². The van der Waals surface area contributed by atoms with Crippen LogP contribution in [0.3, 0.4) is 0 Å². The molecule has 2 rings (SSSR count). The Kier molecular flexibility index (Phi) is 2.75. The van der Waals surface area contributed by atoms with Gasteiger partial charge in [-0.25, -0.2) is 4.98 Å². The van der Waals surface area contributed by atoms with Gasteiger partial charge in [0.2, 0.25) is 5.76 Å². The van der Waals surface area contributed by atoms with E-state index in [1.54, 1.807) is 6.92 Å². The van der Waals surface area contributed by atoms with Crippen molar-refractivity contribution < 1.29 is 9.21 Å². The lowest BCUT2D eigenvalue weighted by Crippen LogP contribution is -2.33. The molecule has 1 heterocycles. The number of amides is 1. The zero-order chi connectivity index (χ0) is 10.8. The minimum Gasteiger partial charge on any atom is -0.438 e. The zero-order valence-corrected chi connectivity index (χ0v) is 9.12. The van der Waals surface area contributed by atoms with E-state index in [0.29, 0.717) is 23.4 Å². The van der Waals surface area contributed by atoms with Crippen LogP contribution in [0.2, 0.25) is 0 Å². The van der Waals surface area contributed by atoms with Gasteiger partial charge in [-0.05, 0) is 32.1 Å². The number of aromatic nitrogens is 1. The van der Waals surface area contributed by atoms with Crippen molar-refractivity contribution in [3.8, 4) is 0 Å². The smallest absolute Gasteiger partial charge is 0.289 e. The maximum atomic E-state index is 11.7. The molecule has 0 aliphatic heterocycles. The Hall–Kier alpha value is -1.32. The second-order valence-corrected chi connectivity index (χ2v) is 4.36. The van der Waals surface area contributed by atoms with E-state index in [1.807, 2.05) is 0 Å². The van der Waals surface area contributed by atoms with Gasteiger partial charge in [-0.3, -0.25) is 4.79 Å². The van der Waals surface area contributed by atoms with Gasteiger partial charge in [-0.1, -0.05) is 6.92 Å². The largest absolute Gasteiger partial charge is 0.438 e. The van der Waals surface area contributed by atoms with E-state index in [9.17, 15) is 4.79 Å². The van der Waals surface area contributed by atoms with Crippen LogP contribution in [0.5, 0.6) is 0 Å². The molecule has 0 radical (unpaired) electrons. The first-order chi connectivity index (χ1) is 7.16. The number of rotatable bonds is 2. The topological polar surface area (TPSA) is 55.1 Å². The highest BCUT2D eigenvalue weighted by Gasteiger charge is 2.24. The molecule has 1 saturated carbocycles. The number of aryl methyl sites for hydroxylation is 1. The third-order valence-corrected chi connectivity index (χ3v) is 2.98. The predicted octanol–water partition coefficient (Wildman–Crippen LogP) is 1.90. The molecule has 1 fully saturated rings. The number of hydrogen-bond donors (Lipinski definition) is 1. The second kappa shape index (κ2) is 4.04. The quantitative estimate of drug-likeness (QED) is 0.807. The molecule has 1 amide bonds. The molecule has 1 N–H and O–H groups in total. The van der Waals surface area contributed by atoms with Gasteiger partial charge in [-0.2, -0.15) is 0 Å². The Balaban J connectivity index is 1.96. The van der Waals surface area contributed by atoms with Crippen LogP contribution in [-0.2, 0) is 0 Å². The van der Waals surface area contributed by atoms with Crippen molar-refractivity contribution in [1.29, 1.82) is 0 Å². The molecule has 0 aromatic carbocycles. The van der Waals surface area contributed by atoms with Gasteiger partial charge >= 0.3 is 0 Å². The van der Waals surface area contributed by atoms with Crippen molar-refractivity contribution >= 4 is 5.91 Å². The van der Waals surface area contributed by atoms with Crippen LogP contribution >= 0.6 is 0 Å². The van der Waals surface area contributed by atoms with Crippen molar-refractivity contribution in [3.63, 3.8) is 0 Å². The summed E-state index contributed by atoms with van der Waals surface area (Å²) in [6.45, 7) is 3.99. The Morgan fingerprint density at radius 2 is 2.40 bits per heavy atom. The SMILES string of the molecule is Cc1ncoc1C(=O)NC1CCC(C)C1. The van der Waals surface area contributed by atoms with Gasteiger partial charge in [0.25, 0.3) is 5.91 Å². The van der Waals surface area contributed by atoms with Crippen LogP contribution in [-0.4, -0.2) is 16.9 Å². The van der Waals surface area contributed by atoms with E-state index < -0.39 is 0 Å². The molecule has 4 nitrogen and oxygen atoms in total. The summed E-state index contributed by atoms with van der Waals surface area (Å²) in [4.78, 5) is 15.6. The highest BCUT2D eigenvalue weighted by atomic mass is 16.3. The number of hydrogen-bond acceptors (Lipinski definition) is 3. The summed E-state index contributed by atoms with van der Waals surface area (Å²) in [7, 11) is 0. The van der Waals surface area contributed by atoms with Crippen LogP contribution in [0.25, 0.3) is 0 Å². The third-order valence-electron chi connectivity index (χ3n) is 2.98. The molecule has 2 atom stereocenters. The van der Waals surface area contributed by atoms with Crippen molar-refractivity contribution in [2.45, 2.75) is 39.2 Å². The van der Waals surface area contributed by atoms with E-state index in [4.69, 9.17) is 4.42 Å². The highest BCUT2D eigenvalue weighted by Crippen LogP contribution is 2.24. The molecule has 1 aromatic rings. The number of carbonyl (C=O) groups excluding carboxylic acids is 1. The van der Waals surface area contributed by atoms with Gasteiger partial charge in [0.1, 0.15) is 0 Å². The molecule has 0 spiro atoms. The first-order valence-corrected chi connectivity index (χ1v) is 5.37. The fraction of sp³-hybridized carbons (Fsp3) is 0.636. The standard InChI is InChI=1S/C11H16N2O2/c1-7-3-4-9(5-7)13-11(14)10-8(2)12-6-15-10/h6-7,9H,3-5H2,1-2H3,(H,13,14). The first kappa shape index (κ1) is 10.2. The molecule has 4 heteroatoms. The van der Waals surface area contributed by atoms with Crippen LogP contribution < -0.4 is 5.32 Å². The summed E-state index contributed by atoms with van der Waals surface area (Å²) in [6, 6.07) is 0.303. The summed E-state index contributed by atoms with van der Waals surface area (Å²) < 4.78 is 5.04. The Labute approximate surface area is 89.1 Å². The van der Waals surface area contributed by atoms with Crippen molar-refractivity contribution in [2.75, 3.05) is 0 Å². The molecule has 15 heavy (non-hydrogen) atoms. The Morgan fingerprint density at radius 1 is 1.60 bits per heavy atom. The number of carbonyl (C=O) groups is 1. The lowest BCUT2D eigenvalue weighted by molar-refractivity contribution is 0.0908. The molecule has 0 saturated heterocycles. The highest BCUT2D eigenvalue weighted by molar-refractivity contribution is 5.92. The average molecular weight is 208 g/mol. The minimum absolute atomic E-state index is 0.135. The predicted molar refractivity (Wildman–Crippen MR) is 55.5 cm³/mol. The van der Waals surface area contributed by atoms with Crippen LogP contribution in [0, 0.1) is 12.8 Å². The van der Waals surface area contributed by atoms with Crippen LogP contribution in [0.4, 0.5) is 0 Å². The van der Waals surface area contributed by atoms with E-state index in [2.05, 4.69) is 17.2 Å². The summed E-state index contributed by atoms with van der Waals surface area (Å²) >= 11 is 0. The fourth-order valence-corrected chi connectivity index (χ4v) is 2.11.